The highest BCUT2D eigenvalue weighted by Crippen LogP contribution is 2.41. The number of carbonyl (C=O) groups is 1. The second kappa shape index (κ2) is 7.20. The average molecular weight is 481 g/mol. The summed E-state index contributed by atoms with van der Waals surface area (Å²) in [6, 6.07) is 3.60. The minimum Gasteiger partial charge on any atom is -0.371 e. The third-order valence-electron chi connectivity index (χ3n) is 4.16. The maximum Gasteiger partial charge on any atom is 0.286 e. The minimum atomic E-state index is -2.83. The number of halogens is 4. The first-order valence-electron chi connectivity index (χ1n) is 7.73. The number of nitrogens with one attached hydrogen (secondary N) is 1. The van der Waals surface area contributed by atoms with Crippen LogP contribution in [0.15, 0.2) is 41.8 Å². The number of nitrogens with two attached hydrogens (primary N) is 1. The number of primary amides is 1. The van der Waals surface area contributed by atoms with Crippen molar-refractivity contribution in [2.45, 2.75) is 24.7 Å². The zero-order valence-corrected chi connectivity index (χ0v) is 16.0. The Balaban J connectivity index is 1.94. The monoisotopic (exact) mass is 480 g/mol. The van der Waals surface area contributed by atoms with Gasteiger partial charge in [0.05, 0.1) is 17.3 Å². The zero-order chi connectivity index (χ0) is 18.2. The highest BCUT2D eigenvalue weighted by molar-refractivity contribution is 14.1. The van der Waals surface area contributed by atoms with Gasteiger partial charge in [-0.25, -0.2) is 8.78 Å². The number of benzene rings is 1. The fourth-order valence-corrected chi connectivity index (χ4v) is 3.45. The molecule has 0 bridgehead atoms. The number of hydrogen-bond donors (Lipinski definition) is 2. The summed E-state index contributed by atoms with van der Waals surface area (Å²) < 4.78 is 36.0. The summed E-state index contributed by atoms with van der Waals surface area (Å²) in [5.41, 5.74) is 5.59. The molecular formula is C17H16ClF2IN2O2. The predicted octanol–water partition coefficient (Wildman–Crippen LogP) is 4.10. The Morgan fingerprint density at radius 3 is 2.76 bits per heavy atom. The van der Waals surface area contributed by atoms with Crippen molar-refractivity contribution in [3.63, 3.8) is 0 Å². The number of carbonyl (C=O) groups excluding carboxylic acids is 1. The SMILES string of the molecule is NC(=O)C1=CC=C(F)C(F)(OCC2CC2)C1Nc1ccc(I)cc1Cl. The summed E-state index contributed by atoms with van der Waals surface area (Å²) in [4.78, 5) is 11.7. The molecule has 25 heavy (non-hydrogen) atoms. The van der Waals surface area contributed by atoms with Gasteiger partial charge in [-0.15, -0.1) is 0 Å². The first kappa shape index (κ1) is 18.6. The topological polar surface area (TPSA) is 64.4 Å². The molecule has 0 heterocycles. The fraction of sp³-hybridized carbons (Fsp3) is 0.353. The van der Waals surface area contributed by atoms with Crippen LogP contribution in [0.5, 0.6) is 0 Å². The van der Waals surface area contributed by atoms with Gasteiger partial charge in [0.2, 0.25) is 5.91 Å². The molecular weight excluding hydrogens is 465 g/mol. The molecule has 2 aliphatic rings. The molecule has 0 aliphatic heterocycles. The second-order valence-corrected chi connectivity index (χ2v) is 7.75. The molecule has 4 nitrogen and oxygen atoms in total. The summed E-state index contributed by atoms with van der Waals surface area (Å²) in [6.07, 6.45) is 3.87. The average Bonchev–Trinajstić information content (AvgIpc) is 3.36. The molecule has 134 valence electrons. The highest BCUT2D eigenvalue weighted by Gasteiger charge is 2.51. The molecule has 1 aromatic carbocycles. The maximum absolute atomic E-state index is 15.5. The second-order valence-electron chi connectivity index (χ2n) is 6.10. The highest BCUT2D eigenvalue weighted by atomic mass is 127. The van der Waals surface area contributed by atoms with Gasteiger partial charge >= 0.3 is 0 Å². The molecule has 1 amide bonds. The van der Waals surface area contributed by atoms with Crippen LogP contribution < -0.4 is 11.1 Å². The van der Waals surface area contributed by atoms with E-state index in [4.69, 9.17) is 22.1 Å². The van der Waals surface area contributed by atoms with Crippen molar-refractivity contribution in [1.82, 2.24) is 0 Å². The molecule has 3 N–H and O–H groups in total. The van der Waals surface area contributed by atoms with E-state index in [1.54, 1.807) is 18.2 Å². The van der Waals surface area contributed by atoms with Crippen LogP contribution in [0.25, 0.3) is 0 Å². The largest absolute Gasteiger partial charge is 0.371 e. The third kappa shape index (κ3) is 3.98. The lowest BCUT2D eigenvalue weighted by atomic mass is 9.92. The molecule has 2 aliphatic carbocycles. The van der Waals surface area contributed by atoms with E-state index >= 15 is 4.39 Å². The van der Waals surface area contributed by atoms with Crippen molar-refractivity contribution in [2.75, 3.05) is 11.9 Å². The van der Waals surface area contributed by atoms with E-state index < -0.39 is 23.6 Å². The lowest BCUT2D eigenvalue weighted by molar-refractivity contribution is -0.141. The smallest absolute Gasteiger partial charge is 0.286 e. The van der Waals surface area contributed by atoms with E-state index in [-0.39, 0.29) is 18.1 Å². The number of rotatable bonds is 6. The Morgan fingerprint density at radius 1 is 1.44 bits per heavy atom. The zero-order valence-electron chi connectivity index (χ0n) is 13.1. The normalized spacial score (nSPS) is 26.0. The van der Waals surface area contributed by atoms with Gasteiger partial charge in [0.25, 0.3) is 5.85 Å². The van der Waals surface area contributed by atoms with Crippen LogP contribution in [0.3, 0.4) is 0 Å². The van der Waals surface area contributed by atoms with Crippen LogP contribution in [0.4, 0.5) is 14.5 Å². The number of anilines is 1. The molecule has 1 fully saturated rings. The Hall–Kier alpha value is -1.19. The van der Waals surface area contributed by atoms with Gasteiger partial charge in [0.15, 0.2) is 5.83 Å². The lowest BCUT2D eigenvalue weighted by Gasteiger charge is -2.36. The van der Waals surface area contributed by atoms with Crippen LogP contribution in [-0.4, -0.2) is 24.4 Å². The minimum absolute atomic E-state index is 0.0718. The van der Waals surface area contributed by atoms with Crippen LogP contribution in [0.2, 0.25) is 5.02 Å². The molecule has 8 heteroatoms. The number of alkyl halides is 1. The van der Waals surface area contributed by atoms with Crippen LogP contribution in [-0.2, 0) is 9.53 Å². The molecule has 0 radical (unpaired) electrons. The summed E-state index contributed by atoms with van der Waals surface area (Å²) in [7, 11) is 0. The summed E-state index contributed by atoms with van der Waals surface area (Å²) in [6.45, 7) is 0.0718. The van der Waals surface area contributed by atoms with Gasteiger partial charge in [-0.2, -0.15) is 0 Å². The summed E-state index contributed by atoms with van der Waals surface area (Å²) in [5, 5.41) is 3.10. The van der Waals surface area contributed by atoms with E-state index in [0.29, 0.717) is 10.7 Å². The van der Waals surface area contributed by atoms with E-state index in [9.17, 15) is 9.18 Å². The number of hydrogen-bond acceptors (Lipinski definition) is 3. The summed E-state index contributed by atoms with van der Waals surface area (Å²) in [5.74, 6) is -4.59. The van der Waals surface area contributed by atoms with Gasteiger partial charge in [-0.3, -0.25) is 4.79 Å². The van der Waals surface area contributed by atoms with Crippen LogP contribution in [0, 0.1) is 9.49 Å². The Bertz CT molecular complexity index is 767. The molecule has 1 aromatic rings. The Kier molecular flexibility index (Phi) is 5.36. The van der Waals surface area contributed by atoms with Gasteiger partial charge in [-0.05, 0) is 71.7 Å². The Morgan fingerprint density at radius 2 is 2.16 bits per heavy atom. The van der Waals surface area contributed by atoms with Crippen molar-refractivity contribution in [2.24, 2.45) is 11.7 Å². The maximum atomic E-state index is 15.5. The van der Waals surface area contributed by atoms with Crippen molar-refractivity contribution in [1.29, 1.82) is 0 Å². The molecule has 3 rings (SSSR count). The lowest BCUT2D eigenvalue weighted by Crippen LogP contribution is -2.51. The van der Waals surface area contributed by atoms with Crippen molar-refractivity contribution in [3.8, 4) is 0 Å². The van der Waals surface area contributed by atoms with Gasteiger partial charge < -0.3 is 15.8 Å². The number of allylic oxidation sites excluding steroid dienone is 2. The molecule has 1 saturated carbocycles. The van der Waals surface area contributed by atoms with Crippen molar-refractivity contribution >= 4 is 45.8 Å². The quantitative estimate of drug-likeness (QED) is 0.603. The van der Waals surface area contributed by atoms with Gasteiger partial charge in [-0.1, -0.05) is 11.6 Å². The van der Waals surface area contributed by atoms with Crippen molar-refractivity contribution in [3.05, 3.63) is 50.3 Å². The summed E-state index contributed by atoms with van der Waals surface area (Å²) >= 11 is 8.25. The van der Waals surface area contributed by atoms with Crippen molar-refractivity contribution < 1.29 is 18.3 Å². The molecule has 2 atom stereocenters. The molecule has 2 unspecified atom stereocenters. The Labute approximate surface area is 162 Å². The standard InChI is InChI=1S/C17H16ClF2IN2O2/c18-12-7-10(21)3-5-13(12)23-15-11(16(22)24)4-6-14(19)17(15,20)25-8-9-1-2-9/h3-7,9,15,23H,1-2,8H2,(H2,22,24). The first-order valence-corrected chi connectivity index (χ1v) is 9.19. The fourth-order valence-electron chi connectivity index (χ4n) is 2.54. The van der Waals surface area contributed by atoms with E-state index in [1.807, 2.05) is 0 Å². The van der Waals surface area contributed by atoms with Gasteiger partial charge in [0, 0.05) is 9.14 Å². The number of amides is 1. The molecule has 0 spiro atoms. The van der Waals surface area contributed by atoms with E-state index in [0.717, 1.165) is 28.6 Å². The number of ether oxygens (including phenoxy) is 1. The van der Waals surface area contributed by atoms with Crippen LogP contribution >= 0.6 is 34.2 Å². The first-order chi connectivity index (χ1) is 11.8. The predicted molar refractivity (Wildman–Crippen MR) is 101 cm³/mol. The van der Waals surface area contributed by atoms with Crippen LogP contribution in [0.1, 0.15) is 12.8 Å². The van der Waals surface area contributed by atoms with E-state index in [1.165, 1.54) is 0 Å². The van der Waals surface area contributed by atoms with Gasteiger partial charge in [0.1, 0.15) is 6.04 Å². The molecule has 0 saturated heterocycles. The molecule has 0 aromatic heterocycles. The third-order valence-corrected chi connectivity index (χ3v) is 5.14. The van der Waals surface area contributed by atoms with E-state index in [2.05, 4.69) is 27.9 Å².